The Morgan fingerprint density at radius 3 is 2.47 bits per heavy atom. The van der Waals surface area contributed by atoms with Crippen LogP contribution in [0.5, 0.6) is 0 Å². The highest BCUT2D eigenvalue weighted by Crippen LogP contribution is 2.30. The smallest absolute Gasteiger partial charge is 0.232 e. The first-order valence-electron chi connectivity index (χ1n) is 6.42. The first-order valence-corrected chi connectivity index (χ1v) is 8.90. The highest BCUT2D eigenvalue weighted by atomic mass is 35.7. The monoisotopic (exact) mass is 282 g/mol. The third kappa shape index (κ3) is 6.63. The van der Waals surface area contributed by atoms with Crippen LogP contribution < -0.4 is 0 Å². The fourth-order valence-corrected chi connectivity index (χ4v) is 3.15. The largest absolute Gasteiger partial charge is 0.378 e. The summed E-state index contributed by atoms with van der Waals surface area (Å²) in [5.41, 5.74) is 0. The molecule has 1 aliphatic carbocycles. The number of hydrogen-bond acceptors (Lipinski definition) is 3. The Kier molecular flexibility index (Phi) is 6.24. The molecule has 0 N–H and O–H groups in total. The predicted octanol–water partition coefficient (Wildman–Crippen LogP) is 3.18. The lowest BCUT2D eigenvalue weighted by Gasteiger charge is -2.31. The van der Waals surface area contributed by atoms with Gasteiger partial charge in [0.15, 0.2) is 0 Å². The number of ether oxygens (including phenoxy) is 1. The molecular formula is C12H23ClO3S. The molecule has 0 saturated heterocycles. The van der Waals surface area contributed by atoms with Crippen molar-refractivity contribution in [2.45, 2.75) is 52.1 Å². The average molecular weight is 283 g/mol. The molecule has 0 aliphatic heterocycles. The van der Waals surface area contributed by atoms with E-state index in [-0.39, 0.29) is 5.75 Å². The molecule has 1 fully saturated rings. The van der Waals surface area contributed by atoms with E-state index in [1.165, 1.54) is 6.42 Å². The van der Waals surface area contributed by atoms with Gasteiger partial charge in [0.05, 0.1) is 11.9 Å². The molecule has 0 aromatic rings. The molecule has 0 radical (unpaired) electrons. The Hall–Kier alpha value is 0.200. The highest BCUT2D eigenvalue weighted by molar-refractivity contribution is 8.13. The van der Waals surface area contributed by atoms with Gasteiger partial charge in [-0.1, -0.05) is 13.8 Å². The van der Waals surface area contributed by atoms with Crippen molar-refractivity contribution in [3.8, 4) is 0 Å². The number of hydrogen-bond donors (Lipinski definition) is 0. The van der Waals surface area contributed by atoms with Crippen LogP contribution in [0.25, 0.3) is 0 Å². The van der Waals surface area contributed by atoms with E-state index in [9.17, 15) is 8.42 Å². The van der Waals surface area contributed by atoms with Crippen molar-refractivity contribution in [3.05, 3.63) is 0 Å². The van der Waals surface area contributed by atoms with Crippen LogP contribution in [-0.2, 0) is 13.8 Å². The second-order valence-electron chi connectivity index (χ2n) is 5.21. The SMILES string of the molecule is CC1CCC(OCCCCS(=O)(=O)Cl)CC1C. The maximum atomic E-state index is 10.7. The molecule has 17 heavy (non-hydrogen) atoms. The van der Waals surface area contributed by atoms with Gasteiger partial charge in [-0.15, -0.1) is 0 Å². The van der Waals surface area contributed by atoms with Crippen LogP contribution in [0.2, 0.25) is 0 Å². The van der Waals surface area contributed by atoms with Gasteiger partial charge in [0, 0.05) is 17.3 Å². The predicted molar refractivity (Wildman–Crippen MR) is 70.8 cm³/mol. The average Bonchev–Trinajstić information content (AvgIpc) is 2.21. The fraction of sp³-hybridized carbons (Fsp3) is 1.00. The summed E-state index contributed by atoms with van der Waals surface area (Å²) in [6, 6.07) is 0. The molecule has 0 bridgehead atoms. The van der Waals surface area contributed by atoms with Gasteiger partial charge in [-0.05, 0) is 43.9 Å². The van der Waals surface area contributed by atoms with Crippen molar-refractivity contribution in [1.82, 2.24) is 0 Å². The van der Waals surface area contributed by atoms with Gasteiger partial charge in [0.1, 0.15) is 0 Å². The molecule has 0 heterocycles. The van der Waals surface area contributed by atoms with Crippen molar-refractivity contribution in [2.24, 2.45) is 11.8 Å². The summed E-state index contributed by atoms with van der Waals surface area (Å²) >= 11 is 0. The standard InChI is InChI=1S/C12H23ClO3S/c1-10-5-6-12(9-11(10)2)16-7-3-4-8-17(13,14)15/h10-12H,3-9H2,1-2H3. The molecule has 0 amide bonds. The molecule has 1 rings (SSSR count). The van der Waals surface area contributed by atoms with Crippen molar-refractivity contribution < 1.29 is 13.2 Å². The quantitative estimate of drug-likeness (QED) is 0.555. The highest BCUT2D eigenvalue weighted by Gasteiger charge is 2.24. The zero-order valence-electron chi connectivity index (χ0n) is 10.7. The summed E-state index contributed by atoms with van der Waals surface area (Å²) in [7, 11) is 1.80. The summed E-state index contributed by atoms with van der Waals surface area (Å²) in [5.74, 6) is 1.59. The van der Waals surface area contributed by atoms with Gasteiger partial charge < -0.3 is 4.74 Å². The lowest BCUT2D eigenvalue weighted by atomic mass is 9.80. The normalized spacial score (nSPS) is 30.4. The van der Waals surface area contributed by atoms with Gasteiger partial charge in [-0.3, -0.25) is 0 Å². The van der Waals surface area contributed by atoms with Crippen LogP contribution in [0.3, 0.4) is 0 Å². The van der Waals surface area contributed by atoms with Crippen LogP contribution in [0.15, 0.2) is 0 Å². The van der Waals surface area contributed by atoms with Crippen molar-refractivity contribution in [1.29, 1.82) is 0 Å². The molecular weight excluding hydrogens is 260 g/mol. The molecule has 3 nitrogen and oxygen atoms in total. The molecule has 102 valence electrons. The van der Waals surface area contributed by atoms with E-state index in [0.29, 0.717) is 19.1 Å². The van der Waals surface area contributed by atoms with Gasteiger partial charge in [0.2, 0.25) is 9.05 Å². The minimum atomic E-state index is -3.33. The summed E-state index contributed by atoms with van der Waals surface area (Å²) < 4.78 is 27.2. The van der Waals surface area contributed by atoms with E-state index in [1.54, 1.807) is 0 Å². The first-order chi connectivity index (χ1) is 7.88. The Balaban J connectivity index is 2.07. The molecule has 0 aromatic heterocycles. The summed E-state index contributed by atoms with van der Waals surface area (Å²) in [6.07, 6.45) is 5.24. The van der Waals surface area contributed by atoms with Crippen molar-refractivity contribution in [2.75, 3.05) is 12.4 Å². The van der Waals surface area contributed by atoms with E-state index in [1.807, 2.05) is 0 Å². The molecule has 1 aliphatic rings. The molecule has 5 heteroatoms. The van der Waals surface area contributed by atoms with Crippen LogP contribution >= 0.6 is 10.7 Å². The van der Waals surface area contributed by atoms with E-state index in [4.69, 9.17) is 15.4 Å². The van der Waals surface area contributed by atoms with Gasteiger partial charge >= 0.3 is 0 Å². The van der Waals surface area contributed by atoms with Crippen LogP contribution in [-0.4, -0.2) is 26.9 Å². The van der Waals surface area contributed by atoms with E-state index >= 15 is 0 Å². The van der Waals surface area contributed by atoms with Gasteiger partial charge in [0.25, 0.3) is 0 Å². The van der Waals surface area contributed by atoms with Crippen molar-refractivity contribution >= 4 is 19.7 Å². The second kappa shape index (κ2) is 6.95. The Morgan fingerprint density at radius 1 is 1.18 bits per heavy atom. The zero-order chi connectivity index (χ0) is 12.9. The van der Waals surface area contributed by atoms with Crippen LogP contribution in [0.4, 0.5) is 0 Å². The third-order valence-electron chi connectivity index (χ3n) is 3.69. The molecule has 0 aromatic carbocycles. The lowest BCUT2D eigenvalue weighted by Crippen LogP contribution is -2.27. The van der Waals surface area contributed by atoms with E-state index in [2.05, 4.69) is 13.8 Å². The molecule has 1 saturated carbocycles. The Morgan fingerprint density at radius 2 is 1.88 bits per heavy atom. The molecule has 3 atom stereocenters. The Bertz CT molecular complexity index is 316. The van der Waals surface area contributed by atoms with Crippen LogP contribution in [0, 0.1) is 11.8 Å². The summed E-state index contributed by atoms with van der Waals surface area (Å²) in [6.45, 7) is 5.23. The first kappa shape index (κ1) is 15.3. The topological polar surface area (TPSA) is 43.4 Å². The minimum absolute atomic E-state index is 0.0516. The number of rotatable bonds is 6. The number of unbranched alkanes of at least 4 members (excludes halogenated alkanes) is 1. The lowest BCUT2D eigenvalue weighted by molar-refractivity contribution is 0.00156. The third-order valence-corrected chi connectivity index (χ3v) is 4.93. The van der Waals surface area contributed by atoms with Crippen molar-refractivity contribution in [3.63, 3.8) is 0 Å². The fourth-order valence-electron chi connectivity index (χ4n) is 2.28. The maximum Gasteiger partial charge on any atom is 0.232 e. The minimum Gasteiger partial charge on any atom is -0.378 e. The van der Waals surface area contributed by atoms with E-state index < -0.39 is 9.05 Å². The van der Waals surface area contributed by atoms with Gasteiger partial charge in [-0.2, -0.15) is 0 Å². The Labute approximate surface area is 109 Å². The molecule has 3 unspecified atom stereocenters. The molecule has 0 spiro atoms. The van der Waals surface area contributed by atoms with E-state index in [0.717, 1.165) is 31.1 Å². The summed E-state index contributed by atoms with van der Waals surface area (Å²) in [4.78, 5) is 0. The number of halogens is 1. The zero-order valence-corrected chi connectivity index (χ0v) is 12.3. The maximum absolute atomic E-state index is 10.7. The summed E-state index contributed by atoms with van der Waals surface area (Å²) in [5, 5.41) is 0. The van der Waals surface area contributed by atoms with Crippen LogP contribution in [0.1, 0.15) is 46.0 Å². The van der Waals surface area contributed by atoms with Gasteiger partial charge in [-0.25, -0.2) is 8.42 Å². The second-order valence-corrected chi connectivity index (χ2v) is 8.11.